The number of hydrogen-bond acceptors (Lipinski definition) is 5. The number of carbonyl (C=O) groups excluding carboxylic acids is 1. The van der Waals surface area contributed by atoms with Gasteiger partial charge in [0.15, 0.2) is 0 Å². The molecule has 29 heavy (non-hydrogen) atoms. The molecule has 0 unspecified atom stereocenters. The van der Waals surface area contributed by atoms with Gasteiger partial charge in [0, 0.05) is 0 Å². The minimum Gasteiger partial charge on any atom is -0.467 e. The first kappa shape index (κ1) is 21.3. The van der Waals surface area contributed by atoms with Gasteiger partial charge in [0.25, 0.3) is 0 Å². The highest BCUT2D eigenvalue weighted by atomic mass is 32.2. The van der Waals surface area contributed by atoms with E-state index in [0.29, 0.717) is 5.76 Å². The van der Waals surface area contributed by atoms with Gasteiger partial charge >= 0.3 is 5.97 Å². The lowest BCUT2D eigenvalue weighted by atomic mass is 9.87. The van der Waals surface area contributed by atoms with E-state index in [9.17, 15) is 13.2 Å². The molecule has 0 aliphatic carbocycles. The standard InChI is InChI=1S/C22H27NO5S/c1-6-27-21(24)17-14-19(22(3,4)5)23(20(17)18-8-7-13-28-18)29(25,26)16-11-9-15(2)10-12-16/h7-14,19-20H,6H2,1-5H3/t19-,20+/m0/s1. The molecular formula is C22H27NO5S. The van der Waals surface area contributed by atoms with Gasteiger partial charge in [0.2, 0.25) is 10.0 Å². The van der Waals surface area contributed by atoms with Crippen LogP contribution in [0.25, 0.3) is 0 Å². The Labute approximate surface area is 172 Å². The van der Waals surface area contributed by atoms with E-state index in [1.807, 2.05) is 27.7 Å². The quantitative estimate of drug-likeness (QED) is 0.680. The summed E-state index contributed by atoms with van der Waals surface area (Å²) in [5.74, 6) is -0.156. The van der Waals surface area contributed by atoms with Crippen molar-refractivity contribution in [2.24, 2.45) is 5.41 Å². The maximum atomic E-state index is 13.7. The molecule has 7 heteroatoms. The summed E-state index contributed by atoms with van der Waals surface area (Å²) in [6, 6.07) is 8.62. The normalized spacial score (nSPS) is 20.5. The van der Waals surface area contributed by atoms with Gasteiger partial charge < -0.3 is 9.15 Å². The summed E-state index contributed by atoms with van der Waals surface area (Å²) in [5, 5.41) is 0. The third-order valence-corrected chi connectivity index (χ3v) is 6.83. The number of sulfonamides is 1. The Balaban J connectivity index is 2.20. The molecule has 2 atom stereocenters. The molecule has 0 saturated carbocycles. The molecule has 156 valence electrons. The van der Waals surface area contributed by atoms with Crippen molar-refractivity contribution in [2.75, 3.05) is 6.61 Å². The number of esters is 1. The molecule has 6 nitrogen and oxygen atoms in total. The fourth-order valence-corrected chi connectivity index (χ4v) is 5.40. The van der Waals surface area contributed by atoms with Crippen LogP contribution in [-0.2, 0) is 19.6 Å². The number of nitrogens with zero attached hydrogens (tertiary/aromatic N) is 1. The lowest BCUT2D eigenvalue weighted by molar-refractivity contribution is -0.139. The molecule has 1 aliphatic rings. The molecule has 2 aromatic rings. The molecular weight excluding hydrogens is 390 g/mol. The minimum absolute atomic E-state index is 0.174. The summed E-state index contributed by atoms with van der Waals surface area (Å²) < 4.78 is 39.6. The van der Waals surface area contributed by atoms with Crippen LogP contribution >= 0.6 is 0 Å². The van der Waals surface area contributed by atoms with Crippen molar-refractivity contribution in [2.45, 2.75) is 51.6 Å². The first-order valence-electron chi connectivity index (χ1n) is 9.60. The topological polar surface area (TPSA) is 76.8 Å². The van der Waals surface area contributed by atoms with Gasteiger partial charge in [0.1, 0.15) is 11.8 Å². The van der Waals surface area contributed by atoms with Gasteiger partial charge in [-0.3, -0.25) is 0 Å². The van der Waals surface area contributed by atoms with E-state index in [-0.39, 0.29) is 17.1 Å². The lowest BCUT2D eigenvalue weighted by Crippen LogP contribution is -2.45. The molecule has 3 rings (SSSR count). The maximum Gasteiger partial charge on any atom is 0.335 e. The van der Waals surface area contributed by atoms with E-state index >= 15 is 0 Å². The Morgan fingerprint density at radius 1 is 1.17 bits per heavy atom. The maximum absolute atomic E-state index is 13.7. The molecule has 0 fully saturated rings. The van der Waals surface area contributed by atoms with E-state index < -0.39 is 33.5 Å². The van der Waals surface area contributed by atoms with Crippen LogP contribution in [0.2, 0.25) is 0 Å². The highest BCUT2D eigenvalue weighted by Crippen LogP contribution is 2.46. The summed E-state index contributed by atoms with van der Waals surface area (Å²) >= 11 is 0. The van der Waals surface area contributed by atoms with E-state index in [0.717, 1.165) is 5.56 Å². The third kappa shape index (κ3) is 4.02. The highest BCUT2D eigenvalue weighted by Gasteiger charge is 2.51. The van der Waals surface area contributed by atoms with E-state index in [2.05, 4.69) is 0 Å². The predicted molar refractivity (Wildman–Crippen MR) is 110 cm³/mol. The van der Waals surface area contributed by atoms with Gasteiger partial charge in [-0.05, 0) is 43.5 Å². The molecule has 0 spiro atoms. The number of carbonyl (C=O) groups is 1. The number of hydrogen-bond donors (Lipinski definition) is 0. The monoisotopic (exact) mass is 417 g/mol. The second-order valence-corrected chi connectivity index (χ2v) is 10.1. The molecule has 0 bridgehead atoms. The number of rotatable bonds is 5. The zero-order valence-electron chi connectivity index (χ0n) is 17.4. The summed E-state index contributed by atoms with van der Waals surface area (Å²) in [7, 11) is -3.93. The fraction of sp³-hybridized carbons (Fsp3) is 0.409. The number of furan rings is 1. The number of ether oxygens (including phenoxy) is 1. The Hall–Kier alpha value is -2.38. The zero-order valence-corrected chi connectivity index (χ0v) is 18.2. The van der Waals surface area contributed by atoms with Crippen molar-refractivity contribution in [1.29, 1.82) is 0 Å². The molecule has 0 radical (unpaired) electrons. The van der Waals surface area contributed by atoms with Crippen LogP contribution < -0.4 is 0 Å². The Morgan fingerprint density at radius 2 is 1.83 bits per heavy atom. The molecule has 0 N–H and O–H groups in total. The number of benzene rings is 1. The predicted octanol–water partition coefficient (Wildman–Crippen LogP) is 4.24. The van der Waals surface area contributed by atoms with Gasteiger partial charge in [-0.15, -0.1) is 0 Å². The largest absolute Gasteiger partial charge is 0.467 e. The van der Waals surface area contributed by atoms with E-state index in [1.165, 1.54) is 10.6 Å². The molecule has 0 saturated heterocycles. The van der Waals surface area contributed by atoms with Crippen molar-refractivity contribution in [3.63, 3.8) is 0 Å². The van der Waals surface area contributed by atoms with E-state index in [1.54, 1.807) is 49.4 Å². The molecule has 1 aromatic carbocycles. The highest BCUT2D eigenvalue weighted by molar-refractivity contribution is 7.89. The van der Waals surface area contributed by atoms with Crippen LogP contribution in [0.4, 0.5) is 0 Å². The smallest absolute Gasteiger partial charge is 0.335 e. The molecule has 1 aliphatic heterocycles. The molecule has 1 aromatic heterocycles. The van der Waals surface area contributed by atoms with Gasteiger partial charge in [-0.1, -0.05) is 44.5 Å². The van der Waals surface area contributed by atoms with Crippen molar-refractivity contribution in [3.05, 3.63) is 65.6 Å². The molecule has 2 heterocycles. The Kier molecular flexibility index (Phi) is 5.74. The summed E-state index contributed by atoms with van der Waals surface area (Å²) in [6.07, 6.45) is 3.18. The van der Waals surface area contributed by atoms with Crippen LogP contribution in [-0.4, -0.2) is 31.3 Å². The van der Waals surface area contributed by atoms with Gasteiger partial charge in [-0.2, -0.15) is 4.31 Å². The average Bonchev–Trinajstić information content (AvgIpc) is 3.29. The van der Waals surface area contributed by atoms with Crippen molar-refractivity contribution < 1.29 is 22.4 Å². The van der Waals surface area contributed by atoms with Crippen molar-refractivity contribution in [1.82, 2.24) is 4.31 Å². The van der Waals surface area contributed by atoms with Crippen LogP contribution in [0, 0.1) is 12.3 Å². The summed E-state index contributed by atoms with van der Waals surface area (Å²) in [4.78, 5) is 12.9. The van der Waals surface area contributed by atoms with Crippen molar-refractivity contribution in [3.8, 4) is 0 Å². The van der Waals surface area contributed by atoms with Crippen LogP contribution in [0.5, 0.6) is 0 Å². The number of aryl methyl sites for hydroxylation is 1. The minimum atomic E-state index is -3.93. The second kappa shape index (κ2) is 7.80. The van der Waals surface area contributed by atoms with Crippen LogP contribution in [0.1, 0.15) is 45.1 Å². The molecule has 0 amide bonds. The fourth-order valence-electron chi connectivity index (χ4n) is 3.50. The van der Waals surface area contributed by atoms with Gasteiger partial charge in [-0.25, -0.2) is 13.2 Å². The summed E-state index contributed by atoms with van der Waals surface area (Å²) in [6.45, 7) is 9.65. The third-order valence-electron chi connectivity index (χ3n) is 4.97. The Bertz CT molecular complexity index is 998. The first-order chi connectivity index (χ1) is 13.6. The first-order valence-corrected chi connectivity index (χ1v) is 11.0. The van der Waals surface area contributed by atoms with E-state index in [4.69, 9.17) is 9.15 Å². The average molecular weight is 418 g/mol. The Morgan fingerprint density at radius 3 is 2.34 bits per heavy atom. The van der Waals surface area contributed by atoms with Crippen LogP contribution in [0.3, 0.4) is 0 Å². The van der Waals surface area contributed by atoms with Gasteiger partial charge in [0.05, 0.1) is 29.4 Å². The second-order valence-electron chi connectivity index (χ2n) is 8.22. The SMILES string of the molecule is CCOC(=O)C1=C[C@@H](C(C)(C)C)N(S(=O)(=O)c2ccc(C)cc2)[C@H]1c1ccco1. The zero-order chi connectivity index (χ0) is 21.4. The van der Waals surface area contributed by atoms with Crippen molar-refractivity contribution >= 4 is 16.0 Å². The lowest BCUT2D eigenvalue weighted by Gasteiger charge is -2.36. The summed E-state index contributed by atoms with van der Waals surface area (Å²) in [5.41, 5.74) is 0.778. The van der Waals surface area contributed by atoms with Crippen LogP contribution in [0.15, 0.2) is 63.6 Å².